The number of thiophene rings is 1. The fourth-order valence-electron chi connectivity index (χ4n) is 3.70. The summed E-state index contributed by atoms with van der Waals surface area (Å²) in [5.74, 6) is 0.0449. The van der Waals surface area contributed by atoms with Gasteiger partial charge in [0, 0.05) is 21.9 Å². The number of anilines is 1. The Morgan fingerprint density at radius 1 is 1.09 bits per heavy atom. The number of benzene rings is 2. The molecule has 1 N–H and O–H groups in total. The minimum Gasteiger partial charge on any atom is -0.497 e. The molecule has 0 aliphatic heterocycles. The second kappa shape index (κ2) is 9.50. The molecule has 2 aromatic carbocycles. The third-order valence-electron chi connectivity index (χ3n) is 5.51. The number of hydrogen-bond acceptors (Lipinski definition) is 6. The lowest BCUT2D eigenvalue weighted by Gasteiger charge is -2.09. The van der Waals surface area contributed by atoms with Crippen LogP contribution in [0.2, 0.25) is 0 Å². The first kappa shape index (κ1) is 22.6. The normalized spacial score (nSPS) is 10.9. The van der Waals surface area contributed by atoms with Gasteiger partial charge in [-0.3, -0.25) is 4.79 Å². The second-order valence-electron chi connectivity index (χ2n) is 7.50. The first-order chi connectivity index (χ1) is 16.0. The van der Waals surface area contributed by atoms with Gasteiger partial charge in [-0.25, -0.2) is 4.79 Å². The lowest BCUT2D eigenvalue weighted by molar-refractivity contribution is 0.0529. The van der Waals surface area contributed by atoms with E-state index in [0.717, 1.165) is 22.9 Å². The van der Waals surface area contributed by atoms with Crippen LogP contribution in [-0.4, -0.2) is 25.6 Å². The molecule has 2 heterocycles. The number of amides is 1. The number of hydrogen-bond donors (Lipinski definition) is 1. The van der Waals surface area contributed by atoms with Gasteiger partial charge in [0.2, 0.25) is 0 Å². The molecule has 1 amide bonds. The van der Waals surface area contributed by atoms with E-state index >= 15 is 0 Å². The molecular weight excluding hydrogens is 438 g/mol. The predicted octanol–water partition coefficient (Wildman–Crippen LogP) is 6.47. The van der Waals surface area contributed by atoms with Crippen molar-refractivity contribution < 1.29 is 23.5 Å². The number of fused-ring (bicyclic) bond motifs is 1. The maximum Gasteiger partial charge on any atom is 0.341 e. The molecule has 2 aromatic heterocycles. The number of carbonyl (C=O) groups is 2. The average molecular weight is 464 g/mol. The van der Waals surface area contributed by atoms with E-state index in [1.165, 1.54) is 16.9 Å². The summed E-state index contributed by atoms with van der Waals surface area (Å²) in [6.45, 7) is 5.92. The molecule has 4 aromatic rings. The van der Waals surface area contributed by atoms with Crippen LogP contribution in [0.5, 0.6) is 5.75 Å². The van der Waals surface area contributed by atoms with Gasteiger partial charge in [0.25, 0.3) is 5.91 Å². The zero-order valence-corrected chi connectivity index (χ0v) is 19.8. The van der Waals surface area contributed by atoms with Crippen molar-refractivity contribution in [2.75, 3.05) is 19.0 Å². The highest BCUT2D eigenvalue weighted by atomic mass is 32.1. The van der Waals surface area contributed by atoms with Crippen molar-refractivity contribution in [2.45, 2.75) is 27.2 Å². The predicted molar refractivity (Wildman–Crippen MR) is 131 cm³/mol. The minimum atomic E-state index is -0.492. The van der Waals surface area contributed by atoms with Crippen LogP contribution in [-0.2, 0) is 11.2 Å². The van der Waals surface area contributed by atoms with E-state index in [2.05, 4.69) is 12.2 Å². The molecule has 0 aliphatic carbocycles. The zero-order valence-electron chi connectivity index (χ0n) is 19.0. The number of nitrogens with one attached hydrogen (secondary N) is 1. The molecule has 0 aliphatic rings. The monoisotopic (exact) mass is 463 g/mol. The van der Waals surface area contributed by atoms with Crippen LogP contribution in [0.15, 0.2) is 52.3 Å². The second-order valence-corrected chi connectivity index (χ2v) is 8.38. The molecule has 0 saturated heterocycles. The summed E-state index contributed by atoms with van der Waals surface area (Å²) in [4.78, 5) is 26.0. The Hall–Kier alpha value is -3.58. The molecule has 0 unspecified atom stereocenters. The first-order valence-corrected chi connectivity index (χ1v) is 11.6. The molecule has 0 radical (unpaired) electrons. The summed E-state index contributed by atoms with van der Waals surface area (Å²) in [5.41, 5.74) is 4.42. The summed E-state index contributed by atoms with van der Waals surface area (Å²) in [6, 6.07) is 13.3. The first-order valence-electron chi connectivity index (χ1n) is 10.7. The Kier molecular flexibility index (Phi) is 6.51. The van der Waals surface area contributed by atoms with E-state index in [1.807, 2.05) is 54.8 Å². The summed E-state index contributed by atoms with van der Waals surface area (Å²) >= 11 is 1.27. The van der Waals surface area contributed by atoms with Crippen molar-refractivity contribution in [3.05, 3.63) is 70.3 Å². The molecule has 0 saturated carbocycles. The lowest BCUT2D eigenvalue weighted by atomic mass is 10.0. The third kappa shape index (κ3) is 4.36. The van der Waals surface area contributed by atoms with Crippen LogP contribution in [0.3, 0.4) is 0 Å². The van der Waals surface area contributed by atoms with E-state index in [1.54, 1.807) is 14.0 Å². The van der Waals surface area contributed by atoms with Crippen LogP contribution in [0.25, 0.3) is 22.1 Å². The van der Waals surface area contributed by atoms with Crippen LogP contribution < -0.4 is 10.1 Å². The fraction of sp³-hybridized carbons (Fsp3) is 0.231. The minimum absolute atomic E-state index is 0.229. The van der Waals surface area contributed by atoms with Crippen molar-refractivity contribution >= 4 is 39.2 Å². The number of methoxy groups -OCH3 is 1. The smallest absolute Gasteiger partial charge is 0.341 e. The quantitative estimate of drug-likeness (QED) is 0.318. The standard InChI is InChI=1S/C26H25NO5S/c1-5-16-7-12-21-19(13-16)15(3)23(32-21)24(28)27-25-22(26(29)31-6-2)20(14-33-25)17-8-10-18(30-4)11-9-17/h7-14H,5-6H2,1-4H3,(H,27,28). The number of furan rings is 1. The Bertz CT molecular complexity index is 1320. The van der Waals surface area contributed by atoms with Gasteiger partial charge in [0.05, 0.1) is 13.7 Å². The molecule has 170 valence electrons. The number of rotatable bonds is 7. The van der Waals surface area contributed by atoms with E-state index in [0.29, 0.717) is 27.5 Å². The highest BCUT2D eigenvalue weighted by molar-refractivity contribution is 7.15. The van der Waals surface area contributed by atoms with E-state index in [4.69, 9.17) is 13.9 Å². The summed E-state index contributed by atoms with van der Waals surface area (Å²) in [7, 11) is 1.60. The van der Waals surface area contributed by atoms with Crippen molar-refractivity contribution in [1.82, 2.24) is 0 Å². The molecule has 0 atom stereocenters. The van der Waals surface area contributed by atoms with Gasteiger partial charge in [-0.05, 0) is 55.7 Å². The van der Waals surface area contributed by atoms with Gasteiger partial charge < -0.3 is 19.2 Å². The number of carbonyl (C=O) groups excluding carboxylic acids is 2. The largest absolute Gasteiger partial charge is 0.497 e. The van der Waals surface area contributed by atoms with Crippen molar-refractivity contribution in [3.8, 4) is 16.9 Å². The maximum absolute atomic E-state index is 13.2. The Morgan fingerprint density at radius 3 is 2.52 bits per heavy atom. The van der Waals surface area contributed by atoms with Crippen LogP contribution in [0.1, 0.15) is 45.9 Å². The van der Waals surface area contributed by atoms with Crippen LogP contribution >= 0.6 is 11.3 Å². The Morgan fingerprint density at radius 2 is 1.85 bits per heavy atom. The van der Waals surface area contributed by atoms with Crippen LogP contribution in [0, 0.1) is 6.92 Å². The van der Waals surface area contributed by atoms with E-state index < -0.39 is 11.9 Å². The summed E-state index contributed by atoms with van der Waals surface area (Å²) in [5, 5.41) is 6.03. The Labute approximate surface area is 196 Å². The van der Waals surface area contributed by atoms with Crippen molar-refractivity contribution in [3.63, 3.8) is 0 Å². The average Bonchev–Trinajstić information content (AvgIpc) is 3.40. The molecule has 7 heteroatoms. The molecule has 33 heavy (non-hydrogen) atoms. The SMILES string of the molecule is CCOC(=O)c1c(-c2ccc(OC)cc2)csc1NC(=O)c1oc2ccc(CC)cc2c1C. The highest BCUT2D eigenvalue weighted by Gasteiger charge is 2.25. The number of ether oxygens (including phenoxy) is 2. The van der Waals surface area contributed by atoms with Crippen molar-refractivity contribution in [1.29, 1.82) is 0 Å². The molecule has 0 bridgehead atoms. The topological polar surface area (TPSA) is 77.8 Å². The molecular formula is C26H25NO5S. The molecule has 6 nitrogen and oxygen atoms in total. The number of esters is 1. The molecule has 4 rings (SSSR count). The zero-order chi connectivity index (χ0) is 23.5. The van der Waals surface area contributed by atoms with Gasteiger partial charge in [-0.2, -0.15) is 0 Å². The lowest BCUT2D eigenvalue weighted by Crippen LogP contribution is -2.15. The highest BCUT2D eigenvalue weighted by Crippen LogP contribution is 2.37. The molecule has 0 fully saturated rings. The molecule has 0 spiro atoms. The fourth-order valence-corrected chi connectivity index (χ4v) is 4.66. The third-order valence-corrected chi connectivity index (χ3v) is 6.41. The van der Waals surface area contributed by atoms with E-state index in [9.17, 15) is 9.59 Å². The Balaban J connectivity index is 1.71. The number of aryl methyl sites for hydroxylation is 2. The van der Waals surface area contributed by atoms with Gasteiger partial charge in [-0.1, -0.05) is 25.1 Å². The van der Waals surface area contributed by atoms with Gasteiger partial charge in [0.15, 0.2) is 5.76 Å². The van der Waals surface area contributed by atoms with Gasteiger partial charge in [-0.15, -0.1) is 11.3 Å². The van der Waals surface area contributed by atoms with E-state index in [-0.39, 0.29) is 12.4 Å². The summed E-state index contributed by atoms with van der Waals surface area (Å²) < 4.78 is 16.4. The van der Waals surface area contributed by atoms with Crippen molar-refractivity contribution in [2.24, 2.45) is 0 Å². The van der Waals surface area contributed by atoms with Crippen LogP contribution in [0.4, 0.5) is 5.00 Å². The maximum atomic E-state index is 13.2. The van der Waals surface area contributed by atoms with Gasteiger partial charge in [0.1, 0.15) is 21.9 Å². The van der Waals surface area contributed by atoms with Gasteiger partial charge >= 0.3 is 5.97 Å². The summed E-state index contributed by atoms with van der Waals surface area (Å²) in [6.07, 6.45) is 0.897.